The number of nitrogens with zero attached hydrogens (tertiary/aromatic N) is 2. The highest BCUT2D eigenvalue weighted by Crippen LogP contribution is 2.25. The second-order valence-corrected chi connectivity index (χ2v) is 5.24. The number of ether oxygens (including phenoxy) is 1. The Morgan fingerprint density at radius 1 is 1.48 bits per heavy atom. The van der Waals surface area contributed by atoms with Crippen LogP contribution in [0.25, 0.3) is 0 Å². The number of hydrogen-bond donors (Lipinski definition) is 1. The molecule has 0 saturated heterocycles. The molecule has 1 aromatic heterocycles. The van der Waals surface area contributed by atoms with Crippen LogP contribution in [0.1, 0.15) is 35.4 Å². The maximum atomic E-state index is 12.0. The molecule has 0 saturated carbocycles. The summed E-state index contributed by atoms with van der Waals surface area (Å²) in [5.41, 5.74) is 0.528. The molecule has 2 aromatic rings. The van der Waals surface area contributed by atoms with Gasteiger partial charge in [-0.15, -0.1) is 0 Å². The Morgan fingerprint density at radius 2 is 2.29 bits per heavy atom. The summed E-state index contributed by atoms with van der Waals surface area (Å²) in [4.78, 5) is 16.2. The van der Waals surface area contributed by atoms with Gasteiger partial charge in [0.25, 0.3) is 5.91 Å². The topological polar surface area (TPSA) is 77.2 Å². The summed E-state index contributed by atoms with van der Waals surface area (Å²) < 4.78 is 10.9. The number of nitrogens with one attached hydrogen (secondary N) is 1. The molecule has 0 radical (unpaired) electrons. The van der Waals surface area contributed by atoms with E-state index >= 15 is 0 Å². The number of aromatic nitrogens is 2. The van der Waals surface area contributed by atoms with Crippen molar-refractivity contribution in [1.29, 1.82) is 0 Å². The first-order chi connectivity index (χ1) is 10.1. The number of benzene rings is 1. The van der Waals surface area contributed by atoms with Crippen LogP contribution in [0.5, 0.6) is 5.75 Å². The number of rotatable bonds is 6. The van der Waals surface area contributed by atoms with Gasteiger partial charge in [0.1, 0.15) is 5.75 Å². The number of halogens is 1. The largest absolute Gasteiger partial charge is 0.496 e. The smallest absolute Gasteiger partial charge is 0.251 e. The lowest BCUT2D eigenvalue weighted by Gasteiger charge is -2.06. The van der Waals surface area contributed by atoms with Crippen LogP contribution in [0.15, 0.2) is 27.2 Å². The molecule has 1 heterocycles. The number of carbonyl (C=O) groups is 1. The number of hydrogen-bond acceptors (Lipinski definition) is 5. The molecule has 7 heteroatoms. The Morgan fingerprint density at radius 3 is 2.95 bits per heavy atom. The highest BCUT2D eigenvalue weighted by molar-refractivity contribution is 9.10. The van der Waals surface area contributed by atoms with Crippen molar-refractivity contribution in [3.63, 3.8) is 0 Å². The average molecular weight is 354 g/mol. The van der Waals surface area contributed by atoms with Crippen LogP contribution in [0.3, 0.4) is 0 Å². The van der Waals surface area contributed by atoms with Crippen molar-refractivity contribution in [2.24, 2.45) is 0 Å². The molecular weight excluding hydrogens is 338 g/mol. The maximum absolute atomic E-state index is 12.0. The third-order valence-electron chi connectivity index (χ3n) is 2.80. The summed E-state index contributed by atoms with van der Waals surface area (Å²) in [5.74, 6) is 1.53. The lowest BCUT2D eigenvalue weighted by Crippen LogP contribution is -2.23. The third-order valence-corrected chi connectivity index (χ3v) is 3.41. The van der Waals surface area contributed by atoms with Crippen LogP contribution in [0, 0.1) is 0 Å². The van der Waals surface area contributed by atoms with E-state index in [1.165, 1.54) is 0 Å². The number of aryl methyl sites for hydroxylation is 1. The average Bonchev–Trinajstić information content (AvgIpc) is 2.93. The minimum Gasteiger partial charge on any atom is -0.496 e. The molecule has 21 heavy (non-hydrogen) atoms. The molecular formula is C14H16BrN3O3. The summed E-state index contributed by atoms with van der Waals surface area (Å²) in [6, 6.07) is 5.12. The Balaban J connectivity index is 1.96. The Bertz CT molecular complexity index is 628. The van der Waals surface area contributed by atoms with Gasteiger partial charge in [-0.2, -0.15) is 4.98 Å². The van der Waals surface area contributed by atoms with Gasteiger partial charge < -0.3 is 14.6 Å². The zero-order valence-electron chi connectivity index (χ0n) is 11.9. The predicted molar refractivity (Wildman–Crippen MR) is 80.2 cm³/mol. The van der Waals surface area contributed by atoms with E-state index < -0.39 is 0 Å². The van der Waals surface area contributed by atoms with Gasteiger partial charge in [0, 0.05) is 12.0 Å². The van der Waals surface area contributed by atoms with E-state index in [0.29, 0.717) is 23.0 Å². The van der Waals surface area contributed by atoms with Gasteiger partial charge in [0.05, 0.1) is 18.1 Å². The summed E-state index contributed by atoms with van der Waals surface area (Å²) >= 11 is 3.35. The highest BCUT2D eigenvalue weighted by atomic mass is 79.9. The fourth-order valence-corrected chi connectivity index (χ4v) is 2.29. The van der Waals surface area contributed by atoms with Gasteiger partial charge in [0.2, 0.25) is 5.89 Å². The van der Waals surface area contributed by atoms with E-state index in [4.69, 9.17) is 9.26 Å². The zero-order chi connectivity index (χ0) is 15.2. The number of amides is 1. The zero-order valence-corrected chi connectivity index (χ0v) is 13.4. The molecule has 0 bridgehead atoms. The molecule has 0 atom stereocenters. The first kappa shape index (κ1) is 15.5. The quantitative estimate of drug-likeness (QED) is 0.863. The first-order valence-electron chi connectivity index (χ1n) is 6.57. The van der Waals surface area contributed by atoms with Crippen molar-refractivity contribution in [3.8, 4) is 5.75 Å². The molecule has 6 nitrogen and oxygen atoms in total. The van der Waals surface area contributed by atoms with E-state index in [9.17, 15) is 4.79 Å². The lowest BCUT2D eigenvalue weighted by molar-refractivity contribution is 0.0949. The normalized spacial score (nSPS) is 10.4. The highest BCUT2D eigenvalue weighted by Gasteiger charge is 2.11. The molecule has 0 aliphatic rings. The fraction of sp³-hybridized carbons (Fsp3) is 0.357. The van der Waals surface area contributed by atoms with E-state index in [0.717, 1.165) is 17.3 Å². The molecule has 0 aliphatic heterocycles. The van der Waals surface area contributed by atoms with Crippen LogP contribution in [-0.4, -0.2) is 23.2 Å². The lowest BCUT2D eigenvalue weighted by atomic mass is 10.2. The molecule has 0 fully saturated rings. The Kier molecular flexibility index (Phi) is 5.32. The van der Waals surface area contributed by atoms with Crippen molar-refractivity contribution in [3.05, 3.63) is 40.0 Å². The molecule has 112 valence electrons. The Labute approximate surface area is 131 Å². The predicted octanol–water partition coefficient (Wildman–Crippen LogP) is 2.72. The van der Waals surface area contributed by atoms with Crippen molar-refractivity contribution >= 4 is 21.8 Å². The van der Waals surface area contributed by atoms with Crippen LogP contribution in [-0.2, 0) is 13.0 Å². The summed E-state index contributed by atoms with van der Waals surface area (Å²) in [6.07, 6.45) is 1.68. The maximum Gasteiger partial charge on any atom is 0.251 e. The minimum atomic E-state index is -0.208. The second-order valence-electron chi connectivity index (χ2n) is 4.39. The summed E-state index contributed by atoms with van der Waals surface area (Å²) in [7, 11) is 1.57. The third kappa shape index (κ3) is 4.04. The molecule has 1 amide bonds. The van der Waals surface area contributed by atoms with Gasteiger partial charge in [-0.25, -0.2) is 0 Å². The fourth-order valence-electron chi connectivity index (χ4n) is 1.75. The summed E-state index contributed by atoms with van der Waals surface area (Å²) in [6.45, 7) is 2.27. The molecule has 0 spiro atoms. The van der Waals surface area contributed by atoms with Crippen molar-refractivity contribution in [2.75, 3.05) is 7.11 Å². The first-order valence-corrected chi connectivity index (χ1v) is 7.36. The standard InChI is InChI=1S/C14H16BrN3O3/c1-3-4-13-17-12(18-21-13)8-16-14(19)9-5-6-11(20-2)10(15)7-9/h5-7H,3-4,8H2,1-2H3,(H,16,19). The monoisotopic (exact) mass is 353 g/mol. The van der Waals surface area contributed by atoms with Crippen molar-refractivity contribution in [2.45, 2.75) is 26.3 Å². The second kappa shape index (κ2) is 7.21. The van der Waals surface area contributed by atoms with Gasteiger partial charge in [0.15, 0.2) is 5.82 Å². The molecule has 1 aromatic carbocycles. The van der Waals surface area contributed by atoms with Crippen LogP contribution < -0.4 is 10.1 Å². The summed E-state index contributed by atoms with van der Waals surface area (Å²) in [5, 5.41) is 6.57. The SMILES string of the molecule is CCCc1nc(CNC(=O)c2ccc(OC)c(Br)c2)no1. The Hall–Kier alpha value is -1.89. The van der Waals surface area contributed by atoms with E-state index in [2.05, 4.69) is 31.4 Å². The number of carbonyl (C=O) groups excluding carboxylic acids is 1. The molecule has 0 unspecified atom stereocenters. The van der Waals surface area contributed by atoms with Gasteiger partial charge >= 0.3 is 0 Å². The van der Waals surface area contributed by atoms with Crippen LogP contribution in [0.4, 0.5) is 0 Å². The molecule has 2 rings (SSSR count). The molecule has 1 N–H and O–H groups in total. The minimum absolute atomic E-state index is 0.208. The van der Waals surface area contributed by atoms with Gasteiger partial charge in [-0.1, -0.05) is 12.1 Å². The van der Waals surface area contributed by atoms with E-state index in [1.54, 1.807) is 25.3 Å². The van der Waals surface area contributed by atoms with Crippen molar-refractivity contribution < 1.29 is 14.1 Å². The van der Waals surface area contributed by atoms with E-state index in [1.807, 2.05) is 6.92 Å². The van der Waals surface area contributed by atoms with Crippen LogP contribution in [0.2, 0.25) is 0 Å². The number of methoxy groups -OCH3 is 1. The molecule has 0 aliphatic carbocycles. The van der Waals surface area contributed by atoms with Crippen LogP contribution >= 0.6 is 15.9 Å². The van der Waals surface area contributed by atoms with Gasteiger partial charge in [-0.3, -0.25) is 4.79 Å². The van der Waals surface area contributed by atoms with Crippen molar-refractivity contribution in [1.82, 2.24) is 15.5 Å². The van der Waals surface area contributed by atoms with Gasteiger partial charge in [-0.05, 0) is 40.5 Å². The van der Waals surface area contributed by atoms with E-state index in [-0.39, 0.29) is 12.5 Å².